The average Bonchev–Trinajstić information content (AvgIpc) is 2.62. The first kappa shape index (κ1) is 21.9. The summed E-state index contributed by atoms with van der Waals surface area (Å²) in [4.78, 5) is 28.4. The molecule has 0 radical (unpaired) electrons. The molecule has 0 amide bonds. The predicted molar refractivity (Wildman–Crippen MR) is 104 cm³/mol. The number of aliphatic carboxylic acids is 1. The van der Waals surface area contributed by atoms with E-state index in [1.807, 2.05) is 6.92 Å². The van der Waals surface area contributed by atoms with Crippen LogP contribution in [-0.2, 0) is 9.59 Å². The second-order valence-corrected chi connectivity index (χ2v) is 7.99. The largest absolute Gasteiger partial charge is 0.481 e. The Labute approximate surface area is 166 Å². The van der Waals surface area contributed by atoms with Crippen molar-refractivity contribution < 1.29 is 14.7 Å². The lowest BCUT2D eigenvalue weighted by Crippen LogP contribution is -2.59. The van der Waals surface area contributed by atoms with Crippen LogP contribution in [0.4, 0.5) is 0 Å². The van der Waals surface area contributed by atoms with Crippen LogP contribution >= 0.6 is 23.2 Å². The van der Waals surface area contributed by atoms with Crippen molar-refractivity contribution >= 4 is 35.0 Å². The Bertz CT molecular complexity index is 475. The number of carboxylic acids is 1. The zero-order chi connectivity index (χ0) is 19.1. The molecular formula is C18H31Cl2N3O3. The zero-order valence-electron chi connectivity index (χ0n) is 15.5. The summed E-state index contributed by atoms with van der Waals surface area (Å²) in [5.74, 6) is -0.843. The number of halogens is 2. The number of alkyl halides is 2. The topological polar surface area (TPSA) is 72.9 Å². The van der Waals surface area contributed by atoms with Crippen LogP contribution in [0, 0.1) is 11.8 Å². The Morgan fingerprint density at radius 1 is 1.27 bits per heavy atom. The highest BCUT2D eigenvalue weighted by Crippen LogP contribution is 2.35. The number of piperidine rings is 1. The van der Waals surface area contributed by atoms with E-state index in [1.165, 1.54) is 0 Å². The van der Waals surface area contributed by atoms with Crippen molar-refractivity contribution in [3.8, 4) is 0 Å². The Hall–Kier alpha value is -0.400. The quantitative estimate of drug-likeness (QED) is 0.422. The van der Waals surface area contributed by atoms with E-state index in [4.69, 9.17) is 23.2 Å². The first-order valence-corrected chi connectivity index (χ1v) is 10.7. The van der Waals surface area contributed by atoms with E-state index in [1.54, 1.807) is 0 Å². The van der Waals surface area contributed by atoms with Crippen LogP contribution in [0.25, 0.3) is 0 Å². The van der Waals surface area contributed by atoms with Gasteiger partial charge >= 0.3 is 5.97 Å². The van der Waals surface area contributed by atoms with E-state index in [2.05, 4.69) is 15.1 Å². The van der Waals surface area contributed by atoms with Gasteiger partial charge in [-0.3, -0.25) is 19.4 Å². The fraction of sp³-hybridized carbons (Fsp3) is 0.889. The van der Waals surface area contributed by atoms with Crippen LogP contribution in [0.2, 0.25) is 0 Å². The monoisotopic (exact) mass is 407 g/mol. The fourth-order valence-electron chi connectivity index (χ4n) is 4.35. The molecule has 0 aromatic carbocycles. The molecule has 2 fully saturated rings. The molecule has 0 spiro atoms. The highest BCUT2D eigenvalue weighted by Gasteiger charge is 2.47. The Morgan fingerprint density at radius 3 is 2.54 bits per heavy atom. The summed E-state index contributed by atoms with van der Waals surface area (Å²) in [5.41, 5.74) is 0. The summed E-state index contributed by atoms with van der Waals surface area (Å²) in [6.45, 7) is 6.61. The van der Waals surface area contributed by atoms with Crippen molar-refractivity contribution in [2.24, 2.45) is 11.8 Å². The third kappa shape index (κ3) is 5.55. The van der Waals surface area contributed by atoms with Crippen LogP contribution in [0.5, 0.6) is 0 Å². The first-order chi connectivity index (χ1) is 12.5. The van der Waals surface area contributed by atoms with Crippen LogP contribution < -0.4 is 5.32 Å². The Morgan fingerprint density at radius 2 is 1.96 bits per heavy atom. The molecule has 1 aliphatic heterocycles. The van der Waals surface area contributed by atoms with Crippen LogP contribution in [0.3, 0.4) is 0 Å². The number of carbonyl (C=O) groups is 2. The molecule has 4 unspecified atom stereocenters. The molecule has 1 saturated heterocycles. The van der Waals surface area contributed by atoms with E-state index in [0.29, 0.717) is 24.3 Å². The number of nitrogens with one attached hydrogen (secondary N) is 1. The number of fused-ring (bicyclic) bond motifs is 1. The number of ketones is 1. The molecule has 1 saturated carbocycles. The van der Waals surface area contributed by atoms with E-state index in [-0.39, 0.29) is 17.7 Å². The molecule has 150 valence electrons. The minimum Gasteiger partial charge on any atom is -0.481 e. The normalized spacial score (nSPS) is 29.8. The third-order valence-corrected chi connectivity index (χ3v) is 6.12. The van der Waals surface area contributed by atoms with Gasteiger partial charge in [-0.2, -0.15) is 0 Å². The van der Waals surface area contributed by atoms with E-state index >= 15 is 0 Å². The van der Waals surface area contributed by atoms with Gasteiger partial charge < -0.3 is 10.4 Å². The number of hydrogen-bond acceptors (Lipinski definition) is 5. The first-order valence-electron chi connectivity index (χ1n) is 9.60. The lowest BCUT2D eigenvalue weighted by Gasteiger charge is -2.47. The second kappa shape index (κ2) is 10.8. The molecule has 1 aliphatic carbocycles. The summed E-state index contributed by atoms with van der Waals surface area (Å²) in [7, 11) is 0. The van der Waals surface area contributed by atoms with Gasteiger partial charge in [-0.25, -0.2) is 0 Å². The standard InChI is InChI=1S/C18H31Cl2N3O3/c1-2-23-12-15(18(25)26)17(24)14-4-3-13(11-16(14)23)21-7-10-22(8-5-19)9-6-20/h13-16,21H,2-12H2,1H3,(H,25,26). The Kier molecular flexibility index (Phi) is 9.10. The number of likely N-dealkylation sites (tertiary alicyclic amines) is 1. The second-order valence-electron chi connectivity index (χ2n) is 7.24. The van der Waals surface area contributed by atoms with Gasteiger partial charge in [0.2, 0.25) is 0 Å². The number of Topliss-reactive ketones (excluding diaryl/α,β-unsaturated/α-hetero) is 1. The number of carbonyl (C=O) groups excluding carboxylic acids is 1. The maximum atomic E-state index is 12.6. The van der Waals surface area contributed by atoms with Gasteiger partial charge in [-0.15, -0.1) is 23.2 Å². The van der Waals surface area contributed by atoms with E-state index in [0.717, 1.165) is 52.0 Å². The summed E-state index contributed by atoms with van der Waals surface area (Å²) in [6.07, 6.45) is 2.60. The molecule has 2 aliphatic rings. The van der Waals surface area contributed by atoms with Crippen molar-refractivity contribution in [1.29, 1.82) is 0 Å². The Balaban J connectivity index is 1.87. The van der Waals surface area contributed by atoms with Gasteiger partial charge in [0.05, 0.1) is 0 Å². The van der Waals surface area contributed by atoms with Gasteiger partial charge in [0.1, 0.15) is 5.92 Å². The van der Waals surface area contributed by atoms with Gasteiger partial charge in [-0.05, 0) is 25.8 Å². The van der Waals surface area contributed by atoms with E-state index < -0.39 is 11.9 Å². The average molecular weight is 408 g/mol. The van der Waals surface area contributed by atoms with Crippen molar-refractivity contribution in [3.05, 3.63) is 0 Å². The minimum atomic E-state index is -0.981. The molecule has 0 aromatic heterocycles. The van der Waals surface area contributed by atoms with Gasteiger partial charge in [0.25, 0.3) is 0 Å². The highest BCUT2D eigenvalue weighted by atomic mass is 35.5. The maximum absolute atomic E-state index is 12.6. The van der Waals surface area contributed by atoms with E-state index in [9.17, 15) is 14.7 Å². The van der Waals surface area contributed by atoms with Crippen LogP contribution in [0.15, 0.2) is 0 Å². The SMILES string of the molecule is CCN1CC(C(=O)O)C(=O)C2CCC(NCCN(CCCl)CCCl)CC21. The van der Waals surface area contributed by atoms with Crippen LogP contribution in [-0.4, -0.2) is 89.8 Å². The number of rotatable bonds is 10. The highest BCUT2D eigenvalue weighted by molar-refractivity contribution is 6.18. The predicted octanol–water partition coefficient (Wildman–Crippen LogP) is 1.50. The van der Waals surface area contributed by atoms with Crippen molar-refractivity contribution in [1.82, 2.24) is 15.1 Å². The number of carboxylic acid groups (broad SMARTS) is 1. The lowest BCUT2D eigenvalue weighted by atomic mass is 9.72. The summed E-state index contributed by atoms with van der Waals surface area (Å²) in [6, 6.07) is 0.532. The molecule has 2 N–H and O–H groups in total. The van der Waals surface area contributed by atoms with Gasteiger partial charge in [-0.1, -0.05) is 6.92 Å². The molecule has 0 bridgehead atoms. The molecule has 26 heavy (non-hydrogen) atoms. The molecule has 1 heterocycles. The molecular weight excluding hydrogens is 377 g/mol. The third-order valence-electron chi connectivity index (χ3n) is 5.78. The lowest BCUT2D eigenvalue weighted by molar-refractivity contribution is -0.154. The fourth-order valence-corrected chi connectivity index (χ4v) is 4.83. The van der Waals surface area contributed by atoms with Crippen molar-refractivity contribution in [2.45, 2.75) is 38.3 Å². The number of nitrogens with zero attached hydrogens (tertiary/aromatic N) is 2. The molecule has 6 nitrogen and oxygen atoms in total. The summed E-state index contributed by atoms with van der Waals surface area (Å²) >= 11 is 11.7. The molecule has 8 heteroatoms. The summed E-state index contributed by atoms with van der Waals surface area (Å²) in [5, 5.41) is 12.9. The molecule has 2 rings (SSSR count). The molecule has 0 aromatic rings. The smallest absolute Gasteiger partial charge is 0.315 e. The van der Waals surface area contributed by atoms with Crippen molar-refractivity contribution in [2.75, 3.05) is 51.0 Å². The number of hydrogen-bond donors (Lipinski definition) is 2. The maximum Gasteiger partial charge on any atom is 0.315 e. The molecule has 4 atom stereocenters. The van der Waals surface area contributed by atoms with Crippen molar-refractivity contribution in [3.63, 3.8) is 0 Å². The van der Waals surface area contributed by atoms with Gasteiger partial charge in [0.15, 0.2) is 5.78 Å². The van der Waals surface area contributed by atoms with Gasteiger partial charge in [0, 0.05) is 62.5 Å². The van der Waals surface area contributed by atoms with Crippen LogP contribution in [0.1, 0.15) is 26.2 Å². The summed E-state index contributed by atoms with van der Waals surface area (Å²) < 4.78 is 0. The minimum absolute atomic E-state index is 0.0685. The zero-order valence-corrected chi connectivity index (χ0v) is 17.0.